The normalized spacial score (nSPS) is 10.3. The molecular weight excluding hydrogens is 248 g/mol. The van der Waals surface area contributed by atoms with Crippen LogP contribution in [0.3, 0.4) is 0 Å². The van der Waals surface area contributed by atoms with Crippen LogP contribution in [0.15, 0.2) is 36.7 Å². The van der Waals surface area contributed by atoms with E-state index in [0.717, 1.165) is 24.4 Å². The highest BCUT2D eigenvalue weighted by molar-refractivity contribution is 6.34. The third kappa shape index (κ3) is 2.47. The zero-order valence-electron chi connectivity index (χ0n) is 8.45. The van der Waals surface area contributed by atoms with Crippen molar-refractivity contribution in [1.29, 1.82) is 0 Å². The number of hydrogen-bond donors (Lipinski definition) is 0. The van der Waals surface area contributed by atoms with Crippen molar-refractivity contribution in [2.75, 3.05) is 0 Å². The van der Waals surface area contributed by atoms with Gasteiger partial charge < -0.3 is 0 Å². The van der Waals surface area contributed by atoms with Gasteiger partial charge in [0.05, 0.1) is 11.2 Å². The van der Waals surface area contributed by atoms with E-state index < -0.39 is 17.4 Å². The summed E-state index contributed by atoms with van der Waals surface area (Å²) >= 11 is 5.74. The van der Waals surface area contributed by atoms with Crippen LogP contribution in [-0.4, -0.2) is 10.8 Å². The third-order valence-electron chi connectivity index (χ3n) is 2.14. The number of benzene rings is 1. The molecule has 0 saturated carbocycles. The Morgan fingerprint density at radius 3 is 2.53 bits per heavy atom. The maximum absolute atomic E-state index is 12.9. The van der Waals surface area contributed by atoms with E-state index in [1.165, 1.54) is 12.3 Å². The van der Waals surface area contributed by atoms with Gasteiger partial charge in [-0.2, -0.15) is 0 Å². The second-order valence-corrected chi connectivity index (χ2v) is 3.75. The molecule has 0 spiro atoms. The summed E-state index contributed by atoms with van der Waals surface area (Å²) in [5.41, 5.74) is 0.180. The van der Waals surface area contributed by atoms with Crippen molar-refractivity contribution in [3.8, 4) is 0 Å². The molecule has 0 radical (unpaired) electrons. The maximum Gasteiger partial charge on any atom is 0.196 e. The van der Waals surface area contributed by atoms with E-state index in [9.17, 15) is 13.6 Å². The highest BCUT2D eigenvalue weighted by Crippen LogP contribution is 2.20. The van der Waals surface area contributed by atoms with Crippen molar-refractivity contribution >= 4 is 17.4 Å². The Kier molecular flexibility index (Phi) is 3.15. The Hall–Kier alpha value is -1.81. The lowest BCUT2D eigenvalue weighted by Gasteiger charge is -2.03. The van der Waals surface area contributed by atoms with Gasteiger partial charge in [-0.15, -0.1) is 0 Å². The average molecular weight is 254 g/mol. The summed E-state index contributed by atoms with van der Waals surface area (Å²) < 4.78 is 25.7. The predicted molar refractivity (Wildman–Crippen MR) is 59.0 cm³/mol. The van der Waals surface area contributed by atoms with Crippen LogP contribution in [0.2, 0.25) is 5.02 Å². The van der Waals surface area contributed by atoms with Gasteiger partial charge >= 0.3 is 0 Å². The topological polar surface area (TPSA) is 30.0 Å². The van der Waals surface area contributed by atoms with E-state index in [1.54, 1.807) is 0 Å². The van der Waals surface area contributed by atoms with Crippen LogP contribution in [-0.2, 0) is 0 Å². The van der Waals surface area contributed by atoms with E-state index in [2.05, 4.69) is 4.98 Å². The smallest absolute Gasteiger partial charge is 0.196 e. The van der Waals surface area contributed by atoms with E-state index in [1.807, 2.05) is 0 Å². The predicted octanol–water partition coefficient (Wildman–Crippen LogP) is 3.24. The minimum Gasteiger partial charge on any atom is -0.288 e. The number of aromatic nitrogens is 1. The third-order valence-corrected chi connectivity index (χ3v) is 2.46. The van der Waals surface area contributed by atoms with Gasteiger partial charge in [0.2, 0.25) is 0 Å². The first-order valence-electron chi connectivity index (χ1n) is 4.68. The van der Waals surface area contributed by atoms with Crippen LogP contribution in [0.4, 0.5) is 8.78 Å². The van der Waals surface area contributed by atoms with Crippen molar-refractivity contribution in [3.63, 3.8) is 0 Å². The molecule has 1 aromatic carbocycles. The lowest BCUT2D eigenvalue weighted by molar-refractivity contribution is 0.103. The fraction of sp³-hybridized carbons (Fsp3) is 0. The van der Waals surface area contributed by atoms with E-state index in [0.29, 0.717) is 0 Å². The quantitative estimate of drug-likeness (QED) is 0.769. The first-order chi connectivity index (χ1) is 8.08. The maximum atomic E-state index is 12.9. The van der Waals surface area contributed by atoms with Gasteiger partial charge in [-0.3, -0.25) is 9.78 Å². The summed E-state index contributed by atoms with van der Waals surface area (Å²) in [6.07, 6.45) is 2.22. The summed E-state index contributed by atoms with van der Waals surface area (Å²) in [7, 11) is 0. The summed E-state index contributed by atoms with van der Waals surface area (Å²) in [4.78, 5) is 15.5. The molecule has 1 aromatic heterocycles. The molecule has 0 amide bonds. The fourth-order valence-corrected chi connectivity index (χ4v) is 1.62. The molecular formula is C12H6ClF2NO. The number of rotatable bonds is 2. The number of hydrogen-bond acceptors (Lipinski definition) is 2. The van der Waals surface area contributed by atoms with Crippen molar-refractivity contribution in [3.05, 3.63) is 64.4 Å². The number of pyridine rings is 1. The van der Waals surface area contributed by atoms with E-state index >= 15 is 0 Å². The Bertz CT molecular complexity index is 586. The van der Waals surface area contributed by atoms with Gasteiger partial charge in [-0.25, -0.2) is 8.78 Å². The molecule has 17 heavy (non-hydrogen) atoms. The van der Waals surface area contributed by atoms with Gasteiger partial charge in [0.25, 0.3) is 0 Å². The largest absolute Gasteiger partial charge is 0.288 e. The molecule has 0 saturated heterocycles. The molecule has 0 aliphatic carbocycles. The number of carbonyl (C=O) groups is 1. The lowest BCUT2D eigenvalue weighted by Crippen LogP contribution is -2.03. The number of carbonyl (C=O) groups excluding carboxylic acids is 1. The van der Waals surface area contributed by atoms with E-state index in [-0.39, 0.29) is 16.1 Å². The van der Waals surface area contributed by atoms with Crippen LogP contribution >= 0.6 is 11.6 Å². The summed E-state index contributed by atoms with van der Waals surface area (Å²) in [5.74, 6) is -1.65. The van der Waals surface area contributed by atoms with Gasteiger partial charge in [-0.1, -0.05) is 11.6 Å². The minimum absolute atomic E-state index is 0.0146. The standard InChI is InChI=1S/C12H6ClF2NO/c13-11-4-8(14)1-2-10(11)12(17)7-3-9(15)6-16-5-7/h1-6H. The van der Waals surface area contributed by atoms with E-state index in [4.69, 9.17) is 11.6 Å². The zero-order valence-corrected chi connectivity index (χ0v) is 9.21. The number of nitrogens with zero attached hydrogens (tertiary/aromatic N) is 1. The van der Waals surface area contributed by atoms with Gasteiger partial charge in [0.1, 0.15) is 11.6 Å². The first kappa shape index (κ1) is 11.7. The van der Waals surface area contributed by atoms with Crippen molar-refractivity contribution in [2.45, 2.75) is 0 Å². The molecule has 1 heterocycles. The number of ketones is 1. The fourth-order valence-electron chi connectivity index (χ4n) is 1.37. The molecule has 2 rings (SSSR count). The summed E-state index contributed by atoms with van der Waals surface area (Å²) in [5, 5.41) is -0.0146. The van der Waals surface area contributed by atoms with Gasteiger partial charge in [-0.05, 0) is 24.3 Å². The summed E-state index contributed by atoms with van der Waals surface area (Å²) in [6, 6.07) is 4.45. The first-order valence-corrected chi connectivity index (χ1v) is 5.06. The molecule has 0 aliphatic heterocycles. The Balaban J connectivity index is 2.44. The van der Waals surface area contributed by atoms with Crippen molar-refractivity contribution in [1.82, 2.24) is 4.98 Å². The lowest BCUT2D eigenvalue weighted by atomic mass is 10.1. The van der Waals surface area contributed by atoms with Gasteiger partial charge in [0.15, 0.2) is 5.78 Å². The number of halogens is 3. The van der Waals surface area contributed by atoms with Gasteiger partial charge in [0, 0.05) is 17.3 Å². The molecule has 2 aromatic rings. The molecule has 0 aliphatic rings. The Morgan fingerprint density at radius 1 is 1.12 bits per heavy atom. The SMILES string of the molecule is O=C(c1cncc(F)c1)c1ccc(F)cc1Cl. The second kappa shape index (κ2) is 4.59. The van der Waals surface area contributed by atoms with Crippen molar-refractivity contribution in [2.24, 2.45) is 0 Å². The minimum atomic E-state index is -0.617. The van der Waals surface area contributed by atoms with Crippen molar-refractivity contribution < 1.29 is 13.6 Å². The Labute approximate surface area is 101 Å². The van der Waals surface area contributed by atoms with Crippen LogP contribution in [0, 0.1) is 11.6 Å². The molecule has 86 valence electrons. The molecule has 2 nitrogen and oxygen atoms in total. The van der Waals surface area contributed by atoms with Crippen LogP contribution in [0.25, 0.3) is 0 Å². The highest BCUT2D eigenvalue weighted by Gasteiger charge is 2.14. The Morgan fingerprint density at radius 2 is 1.88 bits per heavy atom. The molecule has 0 N–H and O–H groups in total. The monoisotopic (exact) mass is 253 g/mol. The molecule has 0 fully saturated rings. The molecule has 0 unspecified atom stereocenters. The van der Waals surface area contributed by atoms with Crippen LogP contribution in [0.1, 0.15) is 15.9 Å². The second-order valence-electron chi connectivity index (χ2n) is 3.35. The van der Waals surface area contributed by atoms with Crippen LogP contribution in [0.5, 0.6) is 0 Å². The highest BCUT2D eigenvalue weighted by atomic mass is 35.5. The molecule has 0 bridgehead atoms. The molecule has 0 atom stereocenters. The average Bonchev–Trinajstić information content (AvgIpc) is 2.28. The molecule has 5 heteroatoms. The summed E-state index contributed by atoms with van der Waals surface area (Å²) in [6.45, 7) is 0. The van der Waals surface area contributed by atoms with Crippen LogP contribution < -0.4 is 0 Å². The zero-order chi connectivity index (χ0) is 12.4.